The maximum Gasteiger partial charge on any atom is 0.308 e. The fraction of sp³-hybridized carbons (Fsp3) is 0.250. The highest BCUT2D eigenvalue weighted by Gasteiger charge is 2.33. The van der Waals surface area contributed by atoms with Crippen molar-refractivity contribution in [1.29, 1.82) is 0 Å². The van der Waals surface area contributed by atoms with Gasteiger partial charge in [-0.05, 0) is 36.8 Å². The number of halogens is 2. The maximum atomic E-state index is 13.5. The van der Waals surface area contributed by atoms with Crippen LogP contribution in [-0.4, -0.2) is 19.0 Å². The highest BCUT2D eigenvalue weighted by atomic mass is 35.5. The summed E-state index contributed by atoms with van der Waals surface area (Å²) < 4.78 is 18.7. The van der Waals surface area contributed by atoms with Crippen LogP contribution in [0.2, 0.25) is 4.34 Å². The molecule has 23 heavy (non-hydrogen) atoms. The standard InChI is InChI=1S/C16H15ClFNO3S/c1-16(9-14(20)22-2,10-4-3-5-11(18)8-10)19-15(21)12-6-7-13(17)23-12/h3-8H,9H2,1-2H3,(H,19,21). The molecule has 4 nitrogen and oxygen atoms in total. The van der Waals surface area contributed by atoms with Gasteiger partial charge in [-0.3, -0.25) is 9.59 Å². The number of ether oxygens (including phenoxy) is 1. The summed E-state index contributed by atoms with van der Waals surface area (Å²) in [5, 5.41) is 2.78. The third-order valence-electron chi connectivity index (χ3n) is 3.37. The van der Waals surface area contributed by atoms with E-state index in [-0.39, 0.29) is 6.42 Å². The third kappa shape index (κ3) is 4.30. The van der Waals surface area contributed by atoms with Gasteiger partial charge in [-0.25, -0.2) is 4.39 Å². The molecule has 2 rings (SSSR count). The lowest BCUT2D eigenvalue weighted by Gasteiger charge is -2.30. The first-order valence-corrected chi connectivity index (χ1v) is 7.94. The van der Waals surface area contributed by atoms with Crippen LogP contribution in [0.25, 0.3) is 0 Å². The fourth-order valence-corrected chi connectivity index (χ4v) is 3.10. The summed E-state index contributed by atoms with van der Waals surface area (Å²) >= 11 is 6.96. The van der Waals surface area contributed by atoms with Gasteiger partial charge in [0.1, 0.15) is 5.82 Å². The van der Waals surface area contributed by atoms with Crippen molar-refractivity contribution in [2.24, 2.45) is 0 Å². The first-order valence-electron chi connectivity index (χ1n) is 6.75. The van der Waals surface area contributed by atoms with Gasteiger partial charge in [0.15, 0.2) is 0 Å². The van der Waals surface area contributed by atoms with Crippen LogP contribution in [0.15, 0.2) is 36.4 Å². The van der Waals surface area contributed by atoms with Gasteiger partial charge in [0.2, 0.25) is 0 Å². The topological polar surface area (TPSA) is 55.4 Å². The summed E-state index contributed by atoms with van der Waals surface area (Å²) in [6, 6.07) is 8.95. The lowest BCUT2D eigenvalue weighted by Crippen LogP contribution is -2.45. The Bertz CT molecular complexity index is 734. The molecule has 0 saturated carbocycles. The second kappa shape index (κ2) is 7.10. The Balaban J connectivity index is 2.33. The third-order valence-corrected chi connectivity index (χ3v) is 4.60. The SMILES string of the molecule is COC(=O)CC(C)(NC(=O)c1ccc(Cl)s1)c1cccc(F)c1. The number of carbonyl (C=O) groups excluding carboxylic acids is 2. The van der Waals surface area contributed by atoms with E-state index >= 15 is 0 Å². The van der Waals surface area contributed by atoms with E-state index in [1.54, 1.807) is 25.1 Å². The molecule has 0 fully saturated rings. The summed E-state index contributed by atoms with van der Waals surface area (Å²) in [7, 11) is 1.26. The van der Waals surface area contributed by atoms with Crippen LogP contribution in [0.1, 0.15) is 28.6 Å². The predicted octanol–water partition coefficient (Wildman–Crippen LogP) is 3.75. The van der Waals surface area contributed by atoms with Crippen molar-refractivity contribution in [3.63, 3.8) is 0 Å². The number of methoxy groups -OCH3 is 1. The number of thiophene rings is 1. The van der Waals surface area contributed by atoms with Gasteiger partial charge in [0.25, 0.3) is 5.91 Å². The van der Waals surface area contributed by atoms with Gasteiger partial charge < -0.3 is 10.1 Å². The molecule has 1 atom stereocenters. The molecule has 0 aliphatic rings. The fourth-order valence-electron chi connectivity index (χ4n) is 2.16. The number of esters is 1. The molecule has 0 spiro atoms. The minimum absolute atomic E-state index is 0.127. The lowest BCUT2D eigenvalue weighted by molar-refractivity contribution is -0.142. The minimum atomic E-state index is -1.11. The van der Waals surface area contributed by atoms with Crippen LogP contribution in [0.5, 0.6) is 0 Å². The van der Waals surface area contributed by atoms with Gasteiger partial charge in [0, 0.05) is 0 Å². The summed E-state index contributed by atoms with van der Waals surface area (Å²) in [4.78, 5) is 24.5. The quantitative estimate of drug-likeness (QED) is 0.831. The molecule has 122 valence electrons. The van der Waals surface area contributed by atoms with Crippen LogP contribution in [0.3, 0.4) is 0 Å². The average Bonchev–Trinajstić information content (AvgIpc) is 2.93. The molecule has 2 aromatic rings. The highest BCUT2D eigenvalue weighted by Crippen LogP contribution is 2.28. The Morgan fingerprint density at radius 1 is 1.35 bits per heavy atom. The maximum absolute atomic E-state index is 13.5. The number of hydrogen-bond donors (Lipinski definition) is 1. The van der Waals surface area contributed by atoms with Crippen molar-refractivity contribution in [2.45, 2.75) is 18.9 Å². The van der Waals surface area contributed by atoms with E-state index in [0.717, 1.165) is 11.3 Å². The molecule has 1 aromatic heterocycles. The van der Waals surface area contributed by atoms with E-state index in [0.29, 0.717) is 14.8 Å². The Labute approximate surface area is 142 Å². The molecule has 0 saturated heterocycles. The van der Waals surface area contributed by atoms with Gasteiger partial charge in [0.05, 0.1) is 28.3 Å². The van der Waals surface area contributed by atoms with Crippen molar-refractivity contribution < 1.29 is 18.7 Å². The summed E-state index contributed by atoms with van der Waals surface area (Å²) in [5.74, 6) is -1.36. The normalized spacial score (nSPS) is 13.2. The second-order valence-electron chi connectivity index (χ2n) is 5.15. The van der Waals surface area contributed by atoms with Gasteiger partial charge in [-0.2, -0.15) is 0 Å². The molecule has 1 amide bonds. The van der Waals surface area contributed by atoms with E-state index < -0.39 is 23.2 Å². The molecular weight excluding hydrogens is 341 g/mol. The van der Waals surface area contributed by atoms with Crippen LogP contribution in [0.4, 0.5) is 4.39 Å². The van der Waals surface area contributed by atoms with Crippen molar-refractivity contribution >= 4 is 34.8 Å². The number of nitrogens with one attached hydrogen (secondary N) is 1. The van der Waals surface area contributed by atoms with E-state index in [1.165, 1.54) is 25.3 Å². The van der Waals surface area contributed by atoms with Crippen molar-refractivity contribution in [3.05, 3.63) is 57.0 Å². The predicted molar refractivity (Wildman–Crippen MR) is 87.2 cm³/mol. The van der Waals surface area contributed by atoms with Crippen molar-refractivity contribution in [3.8, 4) is 0 Å². The van der Waals surface area contributed by atoms with E-state index in [1.807, 2.05) is 0 Å². The summed E-state index contributed by atoms with van der Waals surface area (Å²) in [6.45, 7) is 1.64. The average molecular weight is 356 g/mol. The van der Waals surface area contributed by atoms with Gasteiger partial charge in [-0.15, -0.1) is 11.3 Å². The van der Waals surface area contributed by atoms with Crippen LogP contribution in [-0.2, 0) is 15.1 Å². The molecule has 0 radical (unpaired) electrons. The number of benzene rings is 1. The molecule has 0 aliphatic carbocycles. The highest BCUT2D eigenvalue weighted by molar-refractivity contribution is 7.18. The van der Waals surface area contributed by atoms with Crippen molar-refractivity contribution in [2.75, 3.05) is 7.11 Å². The zero-order valence-corrected chi connectivity index (χ0v) is 14.1. The monoisotopic (exact) mass is 355 g/mol. The van der Waals surface area contributed by atoms with E-state index in [2.05, 4.69) is 10.1 Å². The Morgan fingerprint density at radius 2 is 2.09 bits per heavy atom. The number of rotatable bonds is 5. The zero-order chi connectivity index (χ0) is 17.0. The molecular formula is C16H15ClFNO3S. The Kier molecular flexibility index (Phi) is 5.38. The molecule has 1 aromatic carbocycles. The molecule has 7 heteroatoms. The molecule has 1 heterocycles. The molecule has 0 aliphatic heterocycles. The molecule has 0 bridgehead atoms. The first kappa shape index (κ1) is 17.4. The Hall–Kier alpha value is -1.92. The summed E-state index contributed by atoms with van der Waals surface area (Å²) in [5.41, 5.74) is -0.637. The lowest BCUT2D eigenvalue weighted by atomic mass is 9.88. The van der Waals surface area contributed by atoms with Crippen LogP contribution in [0, 0.1) is 5.82 Å². The molecule has 1 N–H and O–H groups in total. The van der Waals surface area contributed by atoms with Gasteiger partial charge in [-0.1, -0.05) is 23.7 Å². The van der Waals surface area contributed by atoms with E-state index in [4.69, 9.17) is 11.6 Å². The number of hydrogen-bond acceptors (Lipinski definition) is 4. The van der Waals surface area contributed by atoms with E-state index in [9.17, 15) is 14.0 Å². The minimum Gasteiger partial charge on any atom is -0.469 e. The smallest absolute Gasteiger partial charge is 0.308 e. The Morgan fingerprint density at radius 3 is 2.65 bits per heavy atom. The number of amides is 1. The van der Waals surface area contributed by atoms with Crippen molar-refractivity contribution in [1.82, 2.24) is 5.32 Å². The summed E-state index contributed by atoms with van der Waals surface area (Å²) in [6.07, 6.45) is -0.127. The largest absolute Gasteiger partial charge is 0.469 e. The van der Waals surface area contributed by atoms with Crippen LogP contribution >= 0.6 is 22.9 Å². The first-order chi connectivity index (χ1) is 10.8. The zero-order valence-electron chi connectivity index (χ0n) is 12.6. The van der Waals surface area contributed by atoms with Gasteiger partial charge >= 0.3 is 5.97 Å². The number of carbonyl (C=O) groups is 2. The van der Waals surface area contributed by atoms with Crippen LogP contribution < -0.4 is 5.32 Å². The second-order valence-corrected chi connectivity index (χ2v) is 6.87. The molecule has 1 unspecified atom stereocenters.